The van der Waals surface area contributed by atoms with E-state index < -0.39 is 0 Å². The molecule has 1 heterocycles. The maximum atomic E-state index is 9.75. The lowest BCUT2D eigenvalue weighted by atomic mass is 10.1. The first-order valence-corrected chi connectivity index (χ1v) is 6.39. The summed E-state index contributed by atoms with van der Waals surface area (Å²) in [7, 11) is 0. The first kappa shape index (κ1) is 13.4. The quantitative estimate of drug-likeness (QED) is 0.696. The highest BCUT2D eigenvalue weighted by atomic mass is 16.3. The SMILES string of the molecule is CC(NCCCn1cccn1)c1ccc(O)cc1O. The fraction of sp³-hybridized carbons (Fsp3) is 0.357. The van der Waals surface area contributed by atoms with Gasteiger partial charge in [0.15, 0.2) is 0 Å². The topological polar surface area (TPSA) is 70.3 Å². The van der Waals surface area contributed by atoms with Crippen molar-refractivity contribution in [3.05, 3.63) is 42.2 Å². The molecule has 0 spiro atoms. The summed E-state index contributed by atoms with van der Waals surface area (Å²) < 4.78 is 1.89. The number of aromatic hydroxyl groups is 2. The molecule has 5 heteroatoms. The minimum atomic E-state index is 0.0400. The Hall–Kier alpha value is -2.01. The van der Waals surface area contributed by atoms with Gasteiger partial charge in [-0.3, -0.25) is 4.68 Å². The first-order chi connectivity index (χ1) is 9.16. The third kappa shape index (κ3) is 3.72. The van der Waals surface area contributed by atoms with Gasteiger partial charge < -0.3 is 15.5 Å². The number of hydrogen-bond acceptors (Lipinski definition) is 4. The van der Waals surface area contributed by atoms with E-state index in [1.165, 1.54) is 6.07 Å². The number of aryl methyl sites for hydroxylation is 1. The van der Waals surface area contributed by atoms with E-state index in [4.69, 9.17) is 0 Å². The lowest BCUT2D eigenvalue weighted by molar-refractivity contribution is 0.433. The molecule has 102 valence electrons. The molecular weight excluding hydrogens is 242 g/mol. The lowest BCUT2D eigenvalue weighted by Crippen LogP contribution is -2.21. The highest BCUT2D eigenvalue weighted by molar-refractivity contribution is 5.40. The van der Waals surface area contributed by atoms with Crippen molar-refractivity contribution in [3.63, 3.8) is 0 Å². The minimum Gasteiger partial charge on any atom is -0.508 e. The first-order valence-electron chi connectivity index (χ1n) is 6.39. The van der Waals surface area contributed by atoms with E-state index in [0.717, 1.165) is 25.1 Å². The van der Waals surface area contributed by atoms with Crippen molar-refractivity contribution >= 4 is 0 Å². The van der Waals surface area contributed by atoms with Crippen molar-refractivity contribution in [2.24, 2.45) is 0 Å². The zero-order chi connectivity index (χ0) is 13.7. The third-order valence-electron chi connectivity index (χ3n) is 3.05. The largest absolute Gasteiger partial charge is 0.508 e. The van der Waals surface area contributed by atoms with Crippen LogP contribution in [0.3, 0.4) is 0 Å². The Bertz CT molecular complexity index is 511. The van der Waals surface area contributed by atoms with Crippen molar-refractivity contribution in [1.82, 2.24) is 15.1 Å². The summed E-state index contributed by atoms with van der Waals surface area (Å²) in [4.78, 5) is 0. The third-order valence-corrected chi connectivity index (χ3v) is 3.05. The summed E-state index contributed by atoms with van der Waals surface area (Å²) in [6.45, 7) is 3.69. The van der Waals surface area contributed by atoms with Gasteiger partial charge >= 0.3 is 0 Å². The zero-order valence-corrected chi connectivity index (χ0v) is 11.0. The van der Waals surface area contributed by atoms with Crippen molar-refractivity contribution in [3.8, 4) is 11.5 Å². The number of aromatic nitrogens is 2. The maximum absolute atomic E-state index is 9.75. The Morgan fingerprint density at radius 3 is 2.89 bits per heavy atom. The second kappa shape index (κ2) is 6.24. The summed E-state index contributed by atoms with van der Waals surface area (Å²) in [5, 5.41) is 26.5. The van der Waals surface area contributed by atoms with Crippen LogP contribution in [0, 0.1) is 0 Å². The van der Waals surface area contributed by atoms with E-state index in [0.29, 0.717) is 0 Å². The average molecular weight is 261 g/mol. The standard InChI is InChI=1S/C14H19N3O2/c1-11(13-5-4-12(18)10-14(13)19)15-6-2-8-17-9-3-7-16-17/h3-5,7,9-11,15,18-19H,2,6,8H2,1H3. The molecule has 0 amide bonds. The van der Waals surface area contributed by atoms with Gasteiger partial charge in [-0.1, -0.05) is 6.07 Å². The van der Waals surface area contributed by atoms with Gasteiger partial charge in [0, 0.05) is 36.6 Å². The fourth-order valence-electron chi connectivity index (χ4n) is 2.00. The molecule has 19 heavy (non-hydrogen) atoms. The fourth-order valence-corrected chi connectivity index (χ4v) is 2.00. The molecule has 1 aromatic heterocycles. The van der Waals surface area contributed by atoms with Crippen molar-refractivity contribution in [2.75, 3.05) is 6.54 Å². The molecule has 0 bridgehead atoms. The van der Waals surface area contributed by atoms with E-state index in [1.54, 1.807) is 18.3 Å². The molecule has 0 aliphatic heterocycles. The smallest absolute Gasteiger partial charge is 0.124 e. The number of phenols is 2. The molecule has 0 aliphatic carbocycles. The van der Waals surface area contributed by atoms with Crippen LogP contribution in [-0.4, -0.2) is 26.5 Å². The van der Waals surface area contributed by atoms with E-state index in [2.05, 4.69) is 10.4 Å². The van der Waals surface area contributed by atoms with Crippen molar-refractivity contribution < 1.29 is 10.2 Å². The normalized spacial score (nSPS) is 12.5. The molecule has 0 saturated carbocycles. The lowest BCUT2D eigenvalue weighted by Gasteiger charge is -2.15. The molecule has 0 radical (unpaired) electrons. The molecule has 1 atom stereocenters. The predicted molar refractivity (Wildman–Crippen MR) is 73.0 cm³/mol. The van der Waals surface area contributed by atoms with Crippen LogP contribution in [0.15, 0.2) is 36.7 Å². The van der Waals surface area contributed by atoms with Gasteiger partial charge in [-0.25, -0.2) is 0 Å². The van der Waals surface area contributed by atoms with Gasteiger partial charge in [0.25, 0.3) is 0 Å². The Balaban J connectivity index is 1.79. The van der Waals surface area contributed by atoms with Gasteiger partial charge in [-0.2, -0.15) is 5.10 Å². The molecule has 1 unspecified atom stereocenters. The number of benzene rings is 1. The summed E-state index contributed by atoms with van der Waals surface area (Å²) >= 11 is 0. The Kier molecular flexibility index (Phi) is 4.41. The van der Waals surface area contributed by atoms with Crippen molar-refractivity contribution in [1.29, 1.82) is 0 Å². The van der Waals surface area contributed by atoms with Gasteiger partial charge in [0.2, 0.25) is 0 Å². The van der Waals surface area contributed by atoms with Gasteiger partial charge in [0.05, 0.1) is 0 Å². The van der Waals surface area contributed by atoms with Gasteiger partial charge in [-0.15, -0.1) is 0 Å². The van der Waals surface area contributed by atoms with Crippen LogP contribution in [0.1, 0.15) is 24.9 Å². The van der Waals surface area contributed by atoms with Gasteiger partial charge in [-0.05, 0) is 32.0 Å². The Morgan fingerprint density at radius 2 is 2.21 bits per heavy atom. The number of hydrogen-bond donors (Lipinski definition) is 3. The Morgan fingerprint density at radius 1 is 1.37 bits per heavy atom. The molecule has 0 saturated heterocycles. The molecule has 1 aromatic carbocycles. The molecular formula is C14H19N3O2. The maximum Gasteiger partial charge on any atom is 0.124 e. The highest BCUT2D eigenvalue weighted by Crippen LogP contribution is 2.27. The molecule has 0 fully saturated rings. The van der Waals surface area contributed by atoms with Gasteiger partial charge in [0.1, 0.15) is 11.5 Å². The monoisotopic (exact) mass is 261 g/mol. The summed E-state index contributed by atoms with van der Waals surface area (Å²) in [6, 6.07) is 6.62. The Labute approximate surface area is 112 Å². The molecule has 2 aromatic rings. The van der Waals surface area contributed by atoms with E-state index >= 15 is 0 Å². The number of phenolic OH excluding ortho intramolecular Hbond substituents is 2. The molecule has 0 aliphatic rings. The van der Waals surface area contributed by atoms with E-state index in [9.17, 15) is 10.2 Å². The highest BCUT2D eigenvalue weighted by Gasteiger charge is 2.09. The van der Waals surface area contributed by atoms with Crippen LogP contribution in [0.4, 0.5) is 0 Å². The van der Waals surface area contributed by atoms with E-state index in [-0.39, 0.29) is 17.5 Å². The molecule has 3 N–H and O–H groups in total. The van der Waals surface area contributed by atoms with Crippen molar-refractivity contribution in [2.45, 2.75) is 25.9 Å². The minimum absolute atomic E-state index is 0.0400. The average Bonchev–Trinajstić information content (AvgIpc) is 2.87. The summed E-state index contributed by atoms with van der Waals surface area (Å²) in [5.74, 6) is 0.194. The number of nitrogens with zero attached hydrogens (tertiary/aromatic N) is 2. The predicted octanol–water partition coefficient (Wildman–Crippen LogP) is 2.04. The summed E-state index contributed by atoms with van der Waals surface area (Å²) in [5.41, 5.74) is 0.789. The second-order valence-electron chi connectivity index (χ2n) is 4.54. The van der Waals surface area contributed by atoms with Crippen LogP contribution < -0.4 is 5.32 Å². The van der Waals surface area contributed by atoms with Crippen LogP contribution in [0.25, 0.3) is 0 Å². The zero-order valence-electron chi connectivity index (χ0n) is 11.0. The molecule has 5 nitrogen and oxygen atoms in total. The van der Waals surface area contributed by atoms with Crippen LogP contribution >= 0.6 is 0 Å². The second-order valence-corrected chi connectivity index (χ2v) is 4.54. The van der Waals surface area contributed by atoms with Crippen LogP contribution in [-0.2, 0) is 6.54 Å². The number of nitrogens with one attached hydrogen (secondary N) is 1. The number of rotatable bonds is 6. The van der Waals surface area contributed by atoms with Crippen LogP contribution in [0.5, 0.6) is 11.5 Å². The molecule has 2 rings (SSSR count). The summed E-state index contributed by atoms with van der Waals surface area (Å²) in [6.07, 6.45) is 4.67. The van der Waals surface area contributed by atoms with Crippen LogP contribution in [0.2, 0.25) is 0 Å². The van der Waals surface area contributed by atoms with E-state index in [1.807, 2.05) is 23.9 Å².